The second kappa shape index (κ2) is 39.8. The van der Waals surface area contributed by atoms with E-state index >= 15 is 0 Å². The Bertz CT molecular complexity index is 2290. The summed E-state index contributed by atoms with van der Waals surface area (Å²) in [5.74, 6) is -7.37. The summed E-state index contributed by atoms with van der Waals surface area (Å²) >= 11 is 0. The molecule has 90 heavy (non-hydrogen) atoms. The number of carbonyl (C=O) groups is 4. The molecule has 39 heteroatoms. The summed E-state index contributed by atoms with van der Waals surface area (Å²) in [6.45, 7) is -1.70. The molecule has 39 nitrogen and oxygen atoms in total. The molecule has 0 bridgehead atoms. The largest absolute Gasteiger partial charge is 0.508 e. The summed E-state index contributed by atoms with van der Waals surface area (Å²) in [5, 5.41) is 256. The van der Waals surface area contributed by atoms with Crippen LogP contribution in [0.4, 0.5) is 0 Å². The molecule has 0 spiro atoms. The standard InChI is InChI=1S/C51H90N4O35/c1-18(62)30(52-19(2)63)36(72)26(8-13-58)84-46(79)33(55-22(5)66)37(73)27(9-14-59)85-49(82)42(78)43(90-51-45(41(77)39(75)29(17-61)87-51)89-48(81)32(54-21(4)65)35(71)24(68)7-12-57)25(69)10-15-83-50-44(40(76)38(74)28(16-60)86-50)88-47(80)31(53-20(3)64)34(70)23(67)6-11-56/h18,23-29,31,34,38-51,56-62,67-82H,6-17H2,1-5H3,(H,52,63)(H,53,64)(H,54,65)(H,55,66)/b35-32+,36-30+,37-33+/t18-,23+,24+,25+,26+,27+,28?,29?,31?,34?,38+,39+,40?,41?,42?,43?,44?,45?,46-,47-,48-,49-,50-,51+/m0/s1. The van der Waals surface area contributed by atoms with E-state index in [1.165, 1.54) is 0 Å². The first kappa shape index (κ1) is 81.5. The Morgan fingerprint density at radius 3 is 1.40 bits per heavy atom. The maximum absolute atomic E-state index is 12.5. The van der Waals surface area contributed by atoms with Gasteiger partial charge in [-0.05, 0) is 19.8 Å². The Balaban J connectivity index is 2.87. The minimum absolute atomic E-state index is 0.491. The number of ether oxygens (including phenoxy) is 8. The molecule has 4 amide bonds. The lowest BCUT2D eigenvalue weighted by Crippen LogP contribution is -2.63. The predicted molar refractivity (Wildman–Crippen MR) is 291 cm³/mol. The first-order valence-electron chi connectivity index (χ1n) is 27.9. The molecule has 10 unspecified atom stereocenters. The summed E-state index contributed by atoms with van der Waals surface area (Å²) in [6, 6.07) is -1.95. The normalized spacial score (nSPS) is 27.9. The van der Waals surface area contributed by atoms with Gasteiger partial charge < -0.3 is 177 Å². The summed E-state index contributed by atoms with van der Waals surface area (Å²) in [4.78, 5) is 48.7. The summed E-state index contributed by atoms with van der Waals surface area (Å²) < 4.78 is 44.7. The molecule has 2 aliphatic rings. The molecule has 0 aliphatic carbocycles. The van der Waals surface area contributed by atoms with Crippen molar-refractivity contribution >= 4 is 23.6 Å². The minimum atomic E-state index is -2.90. The number of aliphatic hydroxyl groups excluding tert-OH is 23. The van der Waals surface area contributed by atoms with Gasteiger partial charge in [-0.15, -0.1) is 0 Å². The van der Waals surface area contributed by atoms with Gasteiger partial charge in [0.15, 0.2) is 25.2 Å². The molecule has 24 atom stereocenters. The summed E-state index contributed by atoms with van der Waals surface area (Å²) in [5.41, 5.74) is -2.70. The van der Waals surface area contributed by atoms with Gasteiger partial charge in [-0.2, -0.15) is 0 Å². The first-order valence-corrected chi connectivity index (χ1v) is 27.9. The molecule has 0 aromatic carbocycles. The number of nitrogens with one attached hydrogen (secondary N) is 4. The highest BCUT2D eigenvalue weighted by molar-refractivity contribution is 5.76. The first-order chi connectivity index (χ1) is 42.2. The zero-order chi connectivity index (χ0) is 68.6. The predicted octanol–water partition coefficient (Wildman–Crippen LogP) is -11.6. The van der Waals surface area contributed by atoms with Crippen molar-refractivity contribution in [3.63, 3.8) is 0 Å². The van der Waals surface area contributed by atoms with E-state index in [0.717, 1.165) is 34.6 Å². The number of hydrogen-bond donors (Lipinski definition) is 27. The van der Waals surface area contributed by atoms with E-state index in [1.807, 2.05) is 10.6 Å². The molecule has 0 aromatic heterocycles. The van der Waals surface area contributed by atoms with Gasteiger partial charge in [0.25, 0.3) is 0 Å². The van der Waals surface area contributed by atoms with Crippen LogP contribution in [-0.4, -0.2) is 335 Å². The van der Waals surface area contributed by atoms with Gasteiger partial charge >= 0.3 is 0 Å². The molecule has 2 heterocycles. The summed E-state index contributed by atoms with van der Waals surface area (Å²) in [6.07, 6.45) is -55.1. The van der Waals surface area contributed by atoms with Crippen LogP contribution in [0, 0.1) is 0 Å². The molecule has 27 N–H and O–H groups in total. The maximum Gasteiger partial charge on any atom is 0.221 e. The van der Waals surface area contributed by atoms with E-state index in [0.29, 0.717) is 0 Å². The van der Waals surface area contributed by atoms with Crippen LogP contribution in [0.2, 0.25) is 0 Å². The van der Waals surface area contributed by atoms with Crippen molar-refractivity contribution < 1.29 is 175 Å². The Kier molecular flexibility index (Phi) is 36.0. The summed E-state index contributed by atoms with van der Waals surface area (Å²) in [7, 11) is 0. The van der Waals surface area contributed by atoms with Crippen LogP contribution in [0.15, 0.2) is 34.4 Å². The molecule has 2 rings (SSSR count). The van der Waals surface area contributed by atoms with Crippen molar-refractivity contribution in [1.29, 1.82) is 0 Å². The maximum atomic E-state index is 12.5. The van der Waals surface area contributed by atoms with Crippen LogP contribution in [0.1, 0.15) is 66.7 Å². The highest BCUT2D eigenvalue weighted by Gasteiger charge is 2.51. The van der Waals surface area contributed by atoms with E-state index in [9.17, 15) is 137 Å². The lowest BCUT2D eigenvalue weighted by Gasteiger charge is -2.45. The molecule has 2 fully saturated rings. The van der Waals surface area contributed by atoms with Crippen LogP contribution in [-0.2, 0) is 57.1 Å². The zero-order valence-electron chi connectivity index (χ0n) is 49.5. The molecule has 524 valence electrons. The van der Waals surface area contributed by atoms with Crippen molar-refractivity contribution in [2.75, 3.05) is 46.2 Å². The number of aliphatic hydroxyl groups is 23. The molecule has 0 radical (unpaired) electrons. The third kappa shape index (κ3) is 24.1. The van der Waals surface area contributed by atoms with Gasteiger partial charge in [0, 0.05) is 73.4 Å². The topological polar surface area (TPSA) is 656 Å². The second-order valence-corrected chi connectivity index (χ2v) is 20.6. The van der Waals surface area contributed by atoms with Crippen LogP contribution in [0.25, 0.3) is 0 Å². The number of rotatable bonds is 40. The lowest BCUT2D eigenvalue weighted by atomic mass is 9.98. The van der Waals surface area contributed by atoms with Crippen molar-refractivity contribution in [1.82, 2.24) is 21.3 Å². The fourth-order valence-corrected chi connectivity index (χ4v) is 8.88. The monoisotopic (exact) mass is 1320 g/mol. The average molecular weight is 1320 g/mol. The quantitative estimate of drug-likeness (QED) is 0.0200. The van der Waals surface area contributed by atoms with Gasteiger partial charge in [-0.1, -0.05) is 0 Å². The number of carbonyl (C=O) groups excluding carboxylic acids is 4. The van der Waals surface area contributed by atoms with E-state index in [2.05, 4.69) is 10.6 Å². The molecule has 0 saturated carbocycles. The highest BCUT2D eigenvalue weighted by Crippen LogP contribution is 2.32. The van der Waals surface area contributed by atoms with Crippen LogP contribution in [0.5, 0.6) is 0 Å². The molecule has 0 aromatic rings. The Labute approximate surface area is 513 Å². The van der Waals surface area contributed by atoms with Gasteiger partial charge in [0.05, 0.1) is 43.8 Å². The van der Waals surface area contributed by atoms with Crippen molar-refractivity contribution in [3.05, 3.63) is 34.4 Å². The Morgan fingerprint density at radius 1 is 0.478 bits per heavy atom. The van der Waals surface area contributed by atoms with E-state index in [1.54, 1.807) is 0 Å². The fourth-order valence-electron chi connectivity index (χ4n) is 8.88. The lowest BCUT2D eigenvalue weighted by molar-refractivity contribution is -0.352. The SMILES string of the molecule is CC(=O)N/C(=C(/O)[C@@H](CCO)O[C@H](O)/C(NC(C)=O)=C(\O)[C@@H](CCO)O[C@H](O)C(O)C(O[C@H]1OC(CO)[C@@H](O)C(O)C1O[C@H](O)/C(NC(C)=O)=C(\O)[C@H](O)CCO)[C@H](O)CCO[C@H]1OC(CO)[C@@H](O)C(O)C1O[C@H](O)C(NC(C)=O)C(O)[C@H](O)CCO)[C@H](C)O. The van der Waals surface area contributed by atoms with Crippen molar-refractivity contribution in [3.8, 4) is 0 Å². The third-order valence-electron chi connectivity index (χ3n) is 13.5. The van der Waals surface area contributed by atoms with E-state index in [4.69, 9.17) is 37.9 Å². The van der Waals surface area contributed by atoms with Crippen LogP contribution < -0.4 is 21.3 Å². The van der Waals surface area contributed by atoms with Gasteiger partial charge in [-0.3, -0.25) is 19.2 Å². The minimum Gasteiger partial charge on any atom is -0.508 e. The van der Waals surface area contributed by atoms with Crippen LogP contribution in [0.3, 0.4) is 0 Å². The smallest absolute Gasteiger partial charge is 0.221 e. The van der Waals surface area contributed by atoms with Gasteiger partial charge in [-0.25, -0.2) is 0 Å². The second-order valence-electron chi connectivity index (χ2n) is 20.6. The fraction of sp³-hybridized carbons (Fsp3) is 0.804. The Hall–Kier alpha value is -4.62. The molecule has 2 saturated heterocycles. The molecule has 2 aliphatic heterocycles. The van der Waals surface area contributed by atoms with Crippen LogP contribution >= 0.6 is 0 Å². The van der Waals surface area contributed by atoms with E-state index in [-0.39, 0.29) is 0 Å². The third-order valence-corrected chi connectivity index (χ3v) is 13.5. The highest BCUT2D eigenvalue weighted by atomic mass is 16.7. The molecular weight excluding hydrogens is 1230 g/mol. The zero-order valence-corrected chi connectivity index (χ0v) is 49.5. The Morgan fingerprint density at radius 2 is 0.933 bits per heavy atom. The van der Waals surface area contributed by atoms with Gasteiger partial charge in [0.2, 0.25) is 36.2 Å². The van der Waals surface area contributed by atoms with Gasteiger partial charge in [0.1, 0.15) is 120 Å². The molecular formula is C51H90N4O35. The number of hydrogen-bond acceptors (Lipinski definition) is 35. The van der Waals surface area contributed by atoms with Crippen molar-refractivity contribution in [2.45, 2.75) is 214 Å². The van der Waals surface area contributed by atoms with E-state index < -0.39 is 284 Å². The van der Waals surface area contributed by atoms with Crippen molar-refractivity contribution in [2.24, 2.45) is 0 Å². The average Bonchev–Trinajstić information content (AvgIpc) is 1.12. The number of amides is 4.